The van der Waals surface area contributed by atoms with Crippen LogP contribution in [-0.4, -0.2) is 26.7 Å². The molecule has 1 aromatic rings. The topological polar surface area (TPSA) is 72.0 Å². The van der Waals surface area contributed by atoms with Gasteiger partial charge in [-0.25, -0.2) is 9.78 Å². The van der Waals surface area contributed by atoms with Crippen LogP contribution in [0.15, 0.2) is 5.03 Å². The minimum Gasteiger partial charge on any atom is -0.455 e. The van der Waals surface area contributed by atoms with Crippen LogP contribution in [0.4, 0.5) is 0 Å². The normalized spacial score (nSPS) is 11.4. The molecule has 5 nitrogen and oxygen atoms in total. The van der Waals surface area contributed by atoms with E-state index in [9.17, 15) is 9.59 Å². The Morgan fingerprint density at radius 2 is 1.94 bits per heavy atom. The minimum absolute atomic E-state index is 0.124. The van der Waals surface area contributed by atoms with Crippen molar-refractivity contribution < 1.29 is 14.3 Å². The summed E-state index contributed by atoms with van der Waals surface area (Å²) in [6.07, 6.45) is 0. The summed E-state index contributed by atoms with van der Waals surface area (Å²) in [6.45, 7) is 8.50. The van der Waals surface area contributed by atoms with E-state index in [0.717, 1.165) is 11.8 Å². The van der Waals surface area contributed by atoms with E-state index in [4.69, 9.17) is 4.74 Å². The van der Waals surface area contributed by atoms with Crippen molar-refractivity contribution in [1.29, 1.82) is 0 Å². The molecule has 17 heavy (non-hydrogen) atoms. The molecule has 0 atom stereocenters. The van der Waals surface area contributed by atoms with Gasteiger partial charge in [0, 0.05) is 6.92 Å². The van der Waals surface area contributed by atoms with Gasteiger partial charge in [-0.1, -0.05) is 0 Å². The first-order valence-corrected chi connectivity index (χ1v) is 5.99. The molecule has 0 unspecified atom stereocenters. The van der Waals surface area contributed by atoms with Crippen LogP contribution < -0.4 is 0 Å². The molecule has 0 aliphatic heterocycles. The number of hydrogen-bond donors (Lipinski definition) is 1. The lowest BCUT2D eigenvalue weighted by atomic mass is 10.2. The first-order chi connectivity index (χ1) is 7.69. The molecule has 6 heteroatoms. The quantitative estimate of drug-likeness (QED) is 0.649. The van der Waals surface area contributed by atoms with Crippen molar-refractivity contribution >= 4 is 22.8 Å². The number of nitrogens with zero attached hydrogens (tertiary/aromatic N) is 1. The largest absolute Gasteiger partial charge is 0.455 e. The molecule has 0 bridgehead atoms. The van der Waals surface area contributed by atoms with Crippen LogP contribution >= 0.6 is 11.8 Å². The van der Waals surface area contributed by atoms with Crippen molar-refractivity contribution in [2.75, 3.05) is 0 Å². The lowest BCUT2D eigenvalue weighted by molar-refractivity contribution is -0.109. The lowest BCUT2D eigenvalue weighted by Gasteiger charge is -2.18. The van der Waals surface area contributed by atoms with E-state index in [1.165, 1.54) is 6.92 Å². The molecule has 1 heterocycles. The third kappa shape index (κ3) is 4.22. The van der Waals surface area contributed by atoms with E-state index in [-0.39, 0.29) is 10.8 Å². The molecule has 0 fully saturated rings. The van der Waals surface area contributed by atoms with Crippen LogP contribution in [0, 0.1) is 6.92 Å². The Bertz CT molecular complexity index is 446. The second-order valence-corrected chi connectivity index (χ2v) is 5.76. The summed E-state index contributed by atoms with van der Waals surface area (Å²) >= 11 is 0.918. The van der Waals surface area contributed by atoms with E-state index >= 15 is 0 Å². The number of aryl methyl sites for hydroxylation is 1. The predicted octanol–water partition coefficient (Wildman–Crippen LogP) is 2.31. The molecule has 1 aromatic heterocycles. The second kappa shape index (κ2) is 4.91. The molecule has 0 radical (unpaired) electrons. The summed E-state index contributed by atoms with van der Waals surface area (Å²) in [5.41, 5.74) is -0.341. The zero-order chi connectivity index (χ0) is 13.2. The van der Waals surface area contributed by atoms with Gasteiger partial charge in [-0.15, -0.1) is 0 Å². The number of esters is 1. The van der Waals surface area contributed by atoms with Gasteiger partial charge in [0.05, 0.1) is 0 Å². The predicted molar refractivity (Wildman–Crippen MR) is 65.0 cm³/mol. The highest BCUT2D eigenvalue weighted by Crippen LogP contribution is 2.23. The molecule has 0 saturated carbocycles. The smallest absolute Gasteiger partial charge is 0.358 e. The SMILES string of the molecule is CC(=O)Sc1nc(C)[nH]c1C(=O)OC(C)(C)C. The lowest BCUT2D eigenvalue weighted by Crippen LogP contribution is -2.24. The number of imidazole rings is 1. The summed E-state index contributed by atoms with van der Waals surface area (Å²) in [6, 6.07) is 0. The van der Waals surface area contributed by atoms with Crippen LogP contribution in [0.3, 0.4) is 0 Å². The maximum atomic E-state index is 11.9. The number of carbonyl (C=O) groups is 2. The van der Waals surface area contributed by atoms with Gasteiger partial charge < -0.3 is 9.72 Å². The molecular weight excluding hydrogens is 240 g/mol. The van der Waals surface area contributed by atoms with Crippen LogP contribution in [0.2, 0.25) is 0 Å². The van der Waals surface area contributed by atoms with Crippen molar-refractivity contribution in [3.63, 3.8) is 0 Å². The average molecular weight is 256 g/mol. The number of aromatic nitrogens is 2. The van der Waals surface area contributed by atoms with E-state index in [1.807, 2.05) is 0 Å². The van der Waals surface area contributed by atoms with Crippen LogP contribution in [0.5, 0.6) is 0 Å². The summed E-state index contributed by atoms with van der Waals surface area (Å²) in [5.74, 6) is 0.0801. The van der Waals surface area contributed by atoms with Crippen LogP contribution in [0.1, 0.15) is 44.0 Å². The van der Waals surface area contributed by atoms with Crippen molar-refractivity contribution in [2.24, 2.45) is 0 Å². The molecule has 0 aromatic carbocycles. The maximum Gasteiger partial charge on any atom is 0.358 e. The maximum absolute atomic E-state index is 11.9. The number of thioether (sulfide) groups is 1. The highest BCUT2D eigenvalue weighted by Gasteiger charge is 2.24. The third-order valence-corrected chi connectivity index (χ3v) is 2.41. The summed E-state index contributed by atoms with van der Waals surface area (Å²) in [7, 11) is 0. The molecule has 0 aliphatic rings. The highest BCUT2D eigenvalue weighted by molar-refractivity contribution is 8.13. The number of nitrogens with one attached hydrogen (secondary N) is 1. The Hall–Kier alpha value is -1.30. The number of aromatic amines is 1. The number of carbonyl (C=O) groups excluding carboxylic acids is 2. The van der Waals surface area contributed by atoms with Gasteiger partial charge in [0.2, 0.25) is 0 Å². The molecular formula is C11H16N2O3S. The van der Waals surface area contributed by atoms with E-state index in [0.29, 0.717) is 10.9 Å². The van der Waals surface area contributed by atoms with Gasteiger partial charge in [-0.2, -0.15) is 0 Å². The van der Waals surface area contributed by atoms with Gasteiger partial charge >= 0.3 is 5.97 Å². The first-order valence-electron chi connectivity index (χ1n) is 5.17. The van der Waals surface area contributed by atoms with E-state index in [1.54, 1.807) is 27.7 Å². The Morgan fingerprint density at radius 1 is 1.35 bits per heavy atom. The number of ether oxygens (including phenoxy) is 1. The van der Waals surface area contributed by atoms with Crippen molar-refractivity contribution in [3.8, 4) is 0 Å². The fourth-order valence-corrected chi connectivity index (χ4v) is 1.84. The van der Waals surface area contributed by atoms with Gasteiger partial charge in [0.1, 0.15) is 16.5 Å². The van der Waals surface area contributed by atoms with E-state index < -0.39 is 11.6 Å². The Balaban J connectivity index is 2.96. The zero-order valence-electron chi connectivity index (χ0n) is 10.6. The first kappa shape index (κ1) is 13.8. The second-order valence-electron chi connectivity index (χ2n) is 4.60. The zero-order valence-corrected chi connectivity index (χ0v) is 11.4. The number of H-pyrrole nitrogens is 1. The van der Waals surface area contributed by atoms with Gasteiger partial charge in [-0.3, -0.25) is 4.79 Å². The van der Waals surface area contributed by atoms with Crippen LogP contribution in [-0.2, 0) is 9.53 Å². The number of rotatable bonds is 2. The summed E-state index contributed by atoms with van der Waals surface area (Å²) < 4.78 is 5.22. The fraction of sp³-hybridized carbons (Fsp3) is 0.545. The fourth-order valence-electron chi connectivity index (χ4n) is 1.15. The molecule has 0 aliphatic carbocycles. The standard InChI is InChI=1S/C11H16N2O3S/c1-6-12-8(9(13-6)17-7(2)14)10(15)16-11(3,4)5/h1-5H3,(H,12,13). The minimum atomic E-state index is -0.575. The van der Waals surface area contributed by atoms with Crippen LogP contribution in [0.25, 0.3) is 0 Å². The molecule has 0 saturated heterocycles. The average Bonchev–Trinajstić information content (AvgIpc) is 2.42. The Kier molecular flexibility index (Phi) is 3.98. The van der Waals surface area contributed by atoms with Gasteiger partial charge in [0.25, 0.3) is 0 Å². The highest BCUT2D eigenvalue weighted by atomic mass is 32.2. The summed E-state index contributed by atoms with van der Waals surface area (Å²) in [4.78, 5) is 29.8. The molecule has 1 N–H and O–H groups in total. The Labute approximate surface area is 104 Å². The molecule has 0 spiro atoms. The molecule has 94 valence electrons. The summed E-state index contributed by atoms with van der Waals surface area (Å²) in [5, 5.41) is 0.241. The van der Waals surface area contributed by atoms with E-state index in [2.05, 4.69) is 9.97 Å². The van der Waals surface area contributed by atoms with Crippen molar-refractivity contribution in [3.05, 3.63) is 11.5 Å². The third-order valence-electron chi connectivity index (χ3n) is 1.63. The van der Waals surface area contributed by atoms with Crippen molar-refractivity contribution in [2.45, 2.75) is 45.2 Å². The van der Waals surface area contributed by atoms with Crippen molar-refractivity contribution in [1.82, 2.24) is 9.97 Å². The van der Waals surface area contributed by atoms with Gasteiger partial charge in [-0.05, 0) is 39.5 Å². The number of hydrogen-bond acceptors (Lipinski definition) is 5. The van der Waals surface area contributed by atoms with Gasteiger partial charge in [0.15, 0.2) is 10.8 Å². The molecule has 0 amide bonds. The monoisotopic (exact) mass is 256 g/mol. The molecule has 1 rings (SSSR count). The Morgan fingerprint density at radius 3 is 2.41 bits per heavy atom.